The number of anilines is 1. The normalized spacial score (nSPS) is 10.7. The standard InChI is InChI=1S/C14H7Cl2N5OS/c15-6-2-1-5(3-7(6)16)11-9-10(18)12(13(19)22)23-14(9)21-8(4-17)20-11/h1-3H,18H2,(H2,19,22). The Kier molecular flexibility index (Phi) is 3.82. The Morgan fingerprint density at radius 3 is 2.61 bits per heavy atom. The molecular weight excluding hydrogens is 357 g/mol. The lowest BCUT2D eigenvalue weighted by Crippen LogP contribution is -2.10. The summed E-state index contributed by atoms with van der Waals surface area (Å²) in [5.41, 5.74) is 12.5. The molecule has 9 heteroatoms. The van der Waals surface area contributed by atoms with Gasteiger partial charge in [-0.3, -0.25) is 4.79 Å². The zero-order valence-corrected chi connectivity index (χ0v) is 13.6. The van der Waals surface area contributed by atoms with Crippen LogP contribution in [0.25, 0.3) is 21.5 Å². The van der Waals surface area contributed by atoms with E-state index in [1.54, 1.807) is 18.2 Å². The molecule has 1 amide bonds. The molecule has 0 bridgehead atoms. The third kappa shape index (κ3) is 2.57. The molecule has 23 heavy (non-hydrogen) atoms. The van der Waals surface area contributed by atoms with Crippen LogP contribution in [0.3, 0.4) is 0 Å². The summed E-state index contributed by atoms with van der Waals surface area (Å²) in [5.74, 6) is -0.708. The van der Waals surface area contributed by atoms with Crippen LogP contribution >= 0.6 is 34.5 Å². The van der Waals surface area contributed by atoms with Crippen LogP contribution in [0.4, 0.5) is 5.69 Å². The molecule has 3 rings (SSSR count). The Labute approximate surface area is 144 Å². The second-order valence-electron chi connectivity index (χ2n) is 4.53. The number of hydrogen-bond acceptors (Lipinski definition) is 6. The van der Waals surface area contributed by atoms with Crippen molar-refractivity contribution in [2.75, 3.05) is 5.73 Å². The first kappa shape index (κ1) is 15.5. The van der Waals surface area contributed by atoms with Crippen molar-refractivity contribution in [1.29, 1.82) is 5.26 Å². The summed E-state index contributed by atoms with van der Waals surface area (Å²) in [7, 11) is 0. The van der Waals surface area contributed by atoms with Crippen molar-refractivity contribution in [3.63, 3.8) is 0 Å². The van der Waals surface area contributed by atoms with Crippen molar-refractivity contribution in [1.82, 2.24) is 9.97 Å². The summed E-state index contributed by atoms with van der Waals surface area (Å²) in [4.78, 5) is 20.3. The highest BCUT2D eigenvalue weighted by Crippen LogP contribution is 2.39. The number of carbonyl (C=O) groups excluding carboxylic acids is 1. The first-order valence-electron chi connectivity index (χ1n) is 6.17. The fourth-order valence-corrected chi connectivity index (χ4v) is 3.35. The van der Waals surface area contributed by atoms with Gasteiger partial charge in [0.25, 0.3) is 5.91 Å². The minimum Gasteiger partial charge on any atom is -0.397 e. The van der Waals surface area contributed by atoms with Crippen LogP contribution in [0.1, 0.15) is 15.5 Å². The number of aromatic nitrogens is 2. The molecule has 2 heterocycles. The van der Waals surface area contributed by atoms with Crippen LogP contribution in [-0.2, 0) is 0 Å². The Morgan fingerprint density at radius 2 is 2.00 bits per heavy atom. The lowest BCUT2D eigenvalue weighted by atomic mass is 10.1. The van der Waals surface area contributed by atoms with Crippen LogP contribution in [0, 0.1) is 11.3 Å². The van der Waals surface area contributed by atoms with E-state index in [1.165, 1.54) is 0 Å². The average molecular weight is 364 g/mol. The monoisotopic (exact) mass is 363 g/mol. The van der Waals surface area contributed by atoms with Gasteiger partial charge in [0.15, 0.2) is 0 Å². The van der Waals surface area contributed by atoms with Gasteiger partial charge in [0.2, 0.25) is 5.82 Å². The second-order valence-corrected chi connectivity index (χ2v) is 6.34. The topological polar surface area (TPSA) is 119 Å². The molecule has 0 aliphatic carbocycles. The summed E-state index contributed by atoms with van der Waals surface area (Å²) in [5, 5.41) is 10.3. The first-order valence-corrected chi connectivity index (χ1v) is 7.75. The lowest BCUT2D eigenvalue weighted by molar-refractivity contribution is 0.100. The fraction of sp³-hybridized carbons (Fsp3) is 0. The first-order chi connectivity index (χ1) is 10.9. The fourth-order valence-electron chi connectivity index (χ4n) is 2.11. The maximum Gasteiger partial charge on any atom is 0.260 e. The number of thiophene rings is 1. The molecule has 4 N–H and O–H groups in total. The molecule has 1 aromatic carbocycles. The number of halogens is 2. The molecule has 0 radical (unpaired) electrons. The van der Waals surface area contributed by atoms with Crippen molar-refractivity contribution < 1.29 is 4.79 Å². The maximum absolute atomic E-state index is 11.5. The molecule has 0 aliphatic rings. The van der Waals surface area contributed by atoms with E-state index in [-0.39, 0.29) is 16.4 Å². The predicted octanol–water partition coefficient (Wildman–Crippen LogP) is 3.22. The molecule has 0 aliphatic heterocycles. The Morgan fingerprint density at radius 1 is 1.26 bits per heavy atom. The van der Waals surface area contributed by atoms with Gasteiger partial charge in [-0.25, -0.2) is 9.97 Å². The van der Waals surface area contributed by atoms with Crippen LogP contribution < -0.4 is 11.5 Å². The van der Waals surface area contributed by atoms with Gasteiger partial charge in [-0.05, 0) is 12.1 Å². The van der Waals surface area contributed by atoms with Crippen molar-refractivity contribution in [3.8, 4) is 17.3 Å². The van der Waals surface area contributed by atoms with E-state index >= 15 is 0 Å². The van der Waals surface area contributed by atoms with Gasteiger partial charge in [-0.15, -0.1) is 11.3 Å². The van der Waals surface area contributed by atoms with Gasteiger partial charge < -0.3 is 11.5 Å². The largest absolute Gasteiger partial charge is 0.397 e. The molecule has 3 aromatic rings. The molecule has 114 valence electrons. The third-order valence-corrected chi connectivity index (χ3v) is 4.96. The van der Waals surface area contributed by atoms with Crippen molar-refractivity contribution in [2.45, 2.75) is 0 Å². The number of hydrogen-bond donors (Lipinski definition) is 2. The molecule has 0 spiro atoms. The smallest absolute Gasteiger partial charge is 0.260 e. The van der Waals surface area contributed by atoms with Crippen LogP contribution in [0.5, 0.6) is 0 Å². The number of amides is 1. The Hall–Kier alpha value is -2.40. The quantitative estimate of drug-likeness (QED) is 0.724. The van der Waals surface area contributed by atoms with E-state index < -0.39 is 5.91 Å². The maximum atomic E-state index is 11.5. The van der Waals surface area contributed by atoms with Crippen LogP contribution in [0.2, 0.25) is 10.0 Å². The minimum atomic E-state index is -0.663. The van der Waals surface area contributed by atoms with Gasteiger partial charge in [-0.2, -0.15) is 5.26 Å². The minimum absolute atomic E-state index is 0.0455. The molecule has 6 nitrogen and oxygen atoms in total. The van der Waals surface area contributed by atoms with Crippen LogP contribution in [0.15, 0.2) is 18.2 Å². The lowest BCUT2D eigenvalue weighted by Gasteiger charge is -2.06. The van der Waals surface area contributed by atoms with Crippen molar-refractivity contribution in [3.05, 3.63) is 38.9 Å². The van der Waals surface area contributed by atoms with Gasteiger partial charge in [0, 0.05) is 5.56 Å². The number of nitriles is 1. The number of nitrogens with two attached hydrogens (primary N) is 2. The summed E-state index contributed by atoms with van der Waals surface area (Å²) >= 11 is 13.0. The number of primary amides is 1. The summed E-state index contributed by atoms with van der Waals surface area (Å²) < 4.78 is 0. The van der Waals surface area contributed by atoms with Gasteiger partial charge in [0.1, 0.15) is 15.8 Å². The summed E-state index contributed by atoms with van der Waals surface area (Å²) in [6.07, 6.45) is 0. The Bertz CT molecular complexity index is 1010. The van der Waals surface area contributed by atoms with E-state index in [0.29, 0.717) is 31.5 Å². The average Bonchev–Trinajstić information content (AvgIpc) is 2.86. The van der Waals surface area contributed by atoms with E-state index in [9.17, 15) is 4.79 Å². The molecule has 0 atom stereocenters. The molecule has 0 fully saturated rings. The summed E-state index contributed by atoms with van der Waals surface area (Å²) in [6.45, 7) is 0. The number of benzene rings is 1. The second kappa shape index (κ2) is 5.66. The highest BCUT2D eigenvalue weighted by molar-refractivity contribution is 7.21. The summed E-state index contributed by atoms with van der Waals surface area (Å²) in [6, 6.07) is 6.79. The molecular formula is C14H7Cl2N5OS. The number of nitrogens with zero attached hydrogens (tertiary/aromatic N) is 3. The number of nitrogen functional groups attached to an aromatic ring is 1. The van der Waals surface area contributed by atoms with Gasteiger partial charge in [0.05, 0.1) is 26.8 Å². The number of fused-ring (bicyclic) bond motifs is 1. The SMILES string of the molecule is N#Cc1nc(-c2ccc(Cl)c(Cl)c2)c2c(N)c(C(N)=O)sc2n1. The van der Waals surface area contributed by atoms with Crippen LogP contribution in [-0.4, -0.2) is 15.9 Å². The van der Waals surface area contributed by atoms with Gasteiger partial charge >= 0.3 is 0 Å². The zero-order chi connectivity index (χ0) is 16.7. The van der Waals surface area contributed by atoms with E-state index in [1.807, 2.05) is 6.07 Å². The van der Waals surface area contributed by atoms with E-state index in [4.69, 9.17) is 39.9 Å². The van der Waals surface area contributed by atoms with E-state index in [0.717, 1.165) is 11.3 Å². The van der Waals surface area contributed by atoms with E-state index in [2.05, 4.69) is 9.97 Å². The number of carbonyl (C=O) groups is 1. The predicted molar refractivity (Wildman–Crippen MR) is 90.5 cm³/mol. The molecule has 0 unspecified atom stereocenters. The van der Waals surface area contributed by atoms with Crippen molar-refractivity contribution in [2.24, 2.45) is 5.73 Å². The Balaban J connectivity index is 2.40. The zero-order valence-electron chi connectivity index (χ0n) is 11.3. The van der Waals surface area contributed by atoms with Gasteiger partial charge in [-0.1, -0.05) is 29.3 Å². The highest BCUT2D eigenvalue weighted by Gasteiger charge is 2.21. The van der Waals surface area contributed by atoms with Crippen molar-refractivity contribution >= 4 is 56.3 Å². The molecule has 2 aromatic heterocycles. The molecule has 0 saturated carbocycles. The highest BCUT2D eigenvalue weighted by atomic mass is 35.5. The molecule has 0 saturated heterocycles. The third-order valence-electron chi connectivity index (χ3n) is 3.11. The number of rotatable bonds is 2.